The van der Waals surface area contributed by atoms with Crippen molar-refractivity contribution in [2.24, 2.45) is 0 Å². The number of rotatable bonds is 11. The maximum atomic E-state index is 11.4. The smallest absolute Gasteiger partial charge is 0.302 e. The average Bonchev–Trinajstić information content (AvgIpc) is 3.00. The molecule has 0 aromatic rings. The standard InChI is InChI=1S/C10H22N6O6/c1-10(17)20-8-7-13(2)15(18)11-21-9-22-12-16(19)14-5-3-4-6-14/h3-9H2,1-2H3,(H,11,18)(H,12,19)/q+2. The number of carbonyl (C=O) groups is 1. The Labute approximate surface area is 127 Å². The van der Waals surface area contributed by atoms with Crippen molar-refractivity contribution in [3.63, 3.8) is 0 Å². The second-order valence-electron chi connectivity index (χ2n) is 4.52. The van der Waals surface area contributed by atoms with Crippen molar-refractivity contribution in [1.82, 2.24) is 21.2 Å². The van der Waals surface area contributed by atoms with E-state index < -0.39 is 5.97 Å². The molecule has 12 heteroatoms. The van der Waals surface area contributed by atoms with Gasteiger partial charge >= 0.3 is 5.97 Å². The van der Waals surface area contributed by atoms with Gasteiger partial charge in [0.1, 0.15) is 13.2 Å². The fourth-order valence-electron chi connectivity index (χ4n) is 1.61. The van der Waals surface area contributed by atoms with Crippen LogP contribution in [0.3, 0.4) is 0 Å². The zero-order valence-electron chi connectivity index (χ0n) is 12.7. The molecule has 12 nitrogen and oxygen atoms in total. The van der Waals surface area contributed by atoms with Crippen molar-refractivity contribution in [3.8, 4) is 0 Å². The number of likely N-dealkylation sites (N-methyl/N-ethyl adjacent to an activating group) is 1. The quantitative estimate of drug-likeness (QED) is 0.158. The molecule has 2 N–H and O–H groups in total. The lowest BCUT2D eigenvalue weighted by atomic mass is 10.4. The summed E-state index contributed by atoms with van der Waals surface area (Å²) in [5.41, 5.74) is 4.15. The summed E-state index contributed by atoms with van der Waals surface area (Å²) < 4.78 is 4.69. The molecule has 0 unspecified atom stereocenters. The van der Waals surface area contributed by atoms with Gasteiger partial charge in [0.2, 0.25) is 6.79 Å². The lowest BCUT2D eigenvalue weighted by molar-refractivity contribution is -0.799. The first kappa shape index (κ1) is 17.8. The molecule has 0 spiro atoms. The highest BCUT2D eigenvalue weighted by Crippen LogP contribution is 2.05. The van der Waals surface area contributed by atoms with Gasteiger partial charge in [0.05, 0.1) is 30.0 Å². The van der Waals surface area contributed by atoms with E-state index in [9.17, 15) is 14.6 Å². The molecule has 1 saturated heterocycles. The monoisotopic (exact) mass is 322 g/mol. The van der Waals surface area contributed by atoms with Crippen LogP contribution in [0.2, 0.25) is 0 Å². The summed E-state index contributed by atoms with van der Waals surface area (Å²) >= 11 is 0. The van der Waals surface area contributed by atoms with Crippen molar-refractivity contribution in [2.45, 2.75) is 19.8 Å². The number of carbonyl (C=O) groups excluding carboxylic acids is 1. The third-order valence-electron chi connectivity index (χ3n) is 2.77. The summed E-state index contributed by atoms with van der Waals surface area (Å²) in [5, 5.41) is 2.72. The lowest BCUT2D eigenvalue weighted by Gasteiger charge is -2.08. The van der Waals surface area contributed by atoms with Crippen LogP contribution in [0.25, 0.3) is 0 Å². The van der Waals surface area contributed by atoms with E-state index in [2.05, 4.69) is 10.3 Å². The number of ether oxygens (including phenoxy) is 1. The van der Waals surface area contributed by atoms with E-state index in [1.807, 2.05) is 5.59 Å². The fourth-order valence-corrected chi connectivity index (χ4v) is 1.61. The third-order valence-corrected chi connectivity index (χ3v) is 2.77. The first-order valence-electron chi connectivity index (χ1n) is 6.79. The molecule has 1 aliphatic heterocycles. The summed E-state index contributed by atoms with van der Waals surface area (Å²) in [7, 11) is 1.47. The van der Waals surface area contributed by atoms with Gasteiger partial charge in [-0.1, -0.05) is 0 Å². The first-order chi connectivity index (χ1) is 10.5. The number of hydrogen-bond acceptors (Lipinski definition) is 6. The van der Waals surface area contributed by atoms with Crippen molar-refractivity contribution in [3.05, 3.63) is 9.81 Å². The number of hydrogen-bond donors (Lipinski definition) is 2. The minimum absolute atomic E-state index is 0.0747. The van der Waals surface area contributed by atoms with E-state index in [0.717, 1.165) is 12.8 Å². The maximum Gasteiger partial charge on any atom is 0.302 e. The molecule has 1 fully saturated rings. The largest absolute Gasteiger partial charge is 0.464 e. The minimum atomic E-state index is -0.422. The molecule has 1 aliphatic rings. The maximum absolute atomic E-state index is 11.4. The Morgan fingerprint density at radius 3 is 2.50 bits per heavy atom. The van der Waals surface area contributed by atoms with E-state index in [1.54, 1.807) is 0 Å². The van der Waals surface area contributed by atoms with Crippen LogP contribution in [0.1, 0.15) is 19.8 Å². The second kappa shape index (κ2) is 9.68. The Kier molecular flexibility index (Phi) is 7.85. The summed E-state index contributed by atoms with van der Waals surface area (Å²) in [4.78, 5) is 43.6. The Morgan fingerprint density at radius 1 is 1.23 bits per heavy atom. The molecule has 1 rings (SSSR count). The van der Waals surface area contributed by atoms with Crippen LogP contribution in [0, 0.1) is 9.81 Å². The molecule has 0 aromatic carbocycles. The summed E-state index contributed by atoms with van der Waals surface area (Å²) in [6.07, 6.45) is 1.92. The van der Waals surface area contributed by atoms with Gasteiger partial charge in [-0.2, -0.15) is 9.68 Å². The third kappa shape index (κ3) is 6.99. The zero-order chi connectivity index (χ0) is 16.4. The lowest BCUT2D eigenvalue weighted by Crippen LogP contribution is -2.43. The molecular formula is C10H22N6O6+2. The van der Waals surface area contributed by atoms with E-state index >= 15 is 0 Å². The number of nitrogens with zero attached hydrogens (tertiary/aromatic N) is 4. The Morgan fingerprint density at radius 2 is 1.86 bits per heavy atom. The Bertz CT molecular complexity index is 388. The molecular weight excluding hydrogens is 300 g/mol. The molecule has 22 heavy (non-hydrogen) atoms. The van der Waals surface area contributed by atoms with E-state index in [4.69, 9.17) is 9.68 Å². The molecule has 126 valence electrons. The molecule has 0 aromatic heterocycles. The van der Waals surface area contributed by atoms with E-state index in [1.165, 1.54) is 24.0 Å². The highest BCUT2D eigenvalue weighted by molar-refractivity contribution is 5.65. The van der Waals surface area contributed by atoms with Gasteiger partial charge in [-0.3, -0.25) is 4.79 Å². The molecule has 0 aliphatic carbocycles. The van der Waals surface area contributed by atoms with Crippen LogP contribution in [-0.4, -0.2) is 66.0 Å². The zero-order valence-corrected chi connectivity index (χ0v) is 12.7. The van der Waals surface area contributed by atoms with Crippen molar-refractivity contribution in [2.75, 3.05) is 40.1 Å². The van der Waals surface area contributed by atoms with E-state index in [-0.39, 0.29) is 19.9 Å². The van der Waals surface area contributed by atoms with Crippen LogP contribution >= 0.6 is 0 Å². The van der Waals surface area contributed by atoms with Gasteiger partial charge in [-0.15, -0.1) is 10.0 Å². The number of nitroso groups, excluding NO2 is 2. The normalized spacial score (nSPS) is 13.6. The summed E-state index contributed by atoms with van der Waals surface area (Å²) in [6.45, 7) is 2.50. The van der Waals surface area contributed by atoms with Crippen LogP contribution in [0.15, 0.2) is 0 Å². The fraction of sp³-hybridized carbons (Fsp3) is 0.900. The molecule has 0 saturated carbocycles. The van der Waals surface area contributed by atoms with Crippen molar-refractivity contribution >= 4 is 5.97 Å². The molecule has 0 bridgehead atoms. The van der Waals surface area contributed by atoms with Gasteiger partial charge in [-0.05, 0) is 12.8 Å². The van der Waals surface area contributed by atoms with Gasteiger partial charge < -0.3 is 4.74 Å². The van der Waals surface area contributed by atoms with Crippen LogP contribution < -0.4 is 11.2 Å². The minimum Gasteiger partial charge on any atom is -0.464 e. The molecule has 0 radical (unpaired) electrons. The van der Waals surface area contributed by atoms with Crippen LogP contribution in [0.5, 0.6) is 0 Å². The SMILES string of the molecule is CC(=O)OCCN(C)[N+](=O)NOCON[N+](=O)N1CCCC1. The Hall–Kier alpha value is -2.21. The number of hydrazine groups is 4. The predicted molar refractivity (Wildman–Crippen MR) is 70.6 cm³/mol. The van der Waals surface area contributed by atoms with Gasteiger partial charge in [0, 0.05) is 18.1 Å². The van der Waals surface area contributed by atoms with Crippen molar-refractivity contribution < 1.29 is 29.2 Å². The highest BCUT2D eigenvalue weighted by atomic mass is 16.9. The van der Waals surface area contributed by atoms with Gasteiger partial charge in [-0.25, -0.2) is 0 Å². The number of esters is 1. The van der Waals surface area contributed by atoms with Gasteiger partial charge in [0.25, 0.3) is 9.96 Å². The Balaban J connectivity index is 2.01. The van der Waals surface area contributed by atoms with Crippen LogP contribution in [-0.2, 0) is 19.2 Å². The average molecular weight is 322 g/mol. The molecule has 0 atom stereocenters. The van der Waals surface area contributed by atoms with Gasteiger partial charge in [0.15, 0.2) is 0 Å². The predicted octanol–water partition coefficient (Wildman–Crippen LogP) is -1.21. The summed E-state index contributed by atoms with van der Waals surface area (Å²) in [6, 6.07) is 0. The first-order valence-corrected chi connectivity index (χ1v) is 6.79. The topological polar surface area (TPSA) is 115 Å². The molecule has 0 amide bonds. The highest BCUT2D eigenvalue weighted by Gasteiger charge is 2.25. The second-order valence-corrected chi connectivity index (χ2v) is 4.52. The summed E-state index contributed by atoms with van der Waals surface area (Å²) in [5.74, 6) is -0.422. The van der Waals surface area contributed by atoms with E-state index in [0.29, 0.717) is 23.0 Å². The van der Waals surface area contributed by atoms with Crippen molar-refractivity contribution in [1.29, 1.82) is 0 Å². The van der Waals surface area contributed by atoms with Crippen LogP contribution in [0.4, 0.5) is 0 Å². The number of nitrogens with one attached hydrogen (secondary N) is 2. The molecule has 1 heterocycles.